The van der Waals surface area contributed by atoms with Crippen molar-refractivity contribution in [1.29, 1.82) is 0 Å². The van der Waals surface area contributed by atoms with Crippen LogP contribution in [0.15, 0.2) is 133 Å². The smallest absolute Gasteiger partial charge is 0.131 e. The predicted octanol–water partition coefficient (Wildman–Crippen LogP) is 10.0. The van der Waals surface area contributed by atoms with Crippen molar-refractivity contribution < 1.29 is 10.2 Å². The van der Waals surface area contributed by atoms with E-state index in [0.717, 1.165) is 66.8 Å². The van der Waals surface area contributed by atoms with E-state index in [0.29, 0.717) is 0 Å². The van der Waals surface area contributed by atoms with E-state index in [1.807, 2.05) is 121 Å². The molecule has 40 heavy (non-hydrogen) atoms. The van der Waals surface area contributed by atoms with Crippen LogP contribution in [-0.4, -0.2) is 10.2 Å². The predicted molar refractivity (Wildman–Crippen MR) is 166 cm³/mol. The van der Waals surface area contributed by atoms with Gasteiger partial charge in [0.25, 0.3) is 0 Å². The van der Waals surface area contributed by atoms with Crippen molar-refractivity contribution in [3.8, 4) is 67.1 Å². The van der Waals surface area contributed by atoms with Crippen molar-refractivity contribution in [2.24, 2.45) is 0 Å². The molecule has 0 bridgehead atoms. The average Bonchev–Trinajstić information content (AvgIpc) is 3.00. The van der Waals surface area contributed by atoms with Crippen LogP contribution in [0.2, 0.25) is 0 Å². The lowest BCUT2D eigenvalue weighted by Crippen LogP contribution is -1.97. The largest absolute Gasteiger partial charge is 0.507 e. The van der Waals surface area contributed by atoms with Crippen LogP contribution < -0.4 is 0 Å². The summed E-state index contributed by atoms with van der Waals surface area (Å²) in [4.78, 5) is 0. The number of phenolic OH excluding ortho intramolecular Hbond substituents is 2. The van der Waals surface area contributed by atoms with Crippen LogP contribution in [0.3, 0.4) is 0 Å². The van der Waals surface area contributed by atoms with Gasteiger partial charge in [0, 0.05) is 22.3 Å². The lowest BCUT2D eigenvalue weighted by Gasteiger charge is -2.22. The number of phenols is 2. The summed E-state index contributed by atoms with van der Waals surface area (Å²) < 4.78 is 0. The van der Waals surface area contributed by atoms with Crippen LogP contribution in [0, 0.1) is 13.8 Å². The topological polar surface area (TPSA) is 40.5 Å². The lowest BCUT2D eigenvalue weighted by atomic mass is 9.82. The van der Waals surface area contributed by atoms with E-state index < -0.39 is 0 Å². The molecule has 0 aliphatic heterocycles. The normalized spacial score (nSPS) is 10.9. The molecule has 0 fully saturated rings. The summed E-state index contributed by atoms with van der Waals surface area (Å²) in [6, 6.07) is 44.3. The molecule has 0 saturated heterocycles. The number of aromatic hydroxyl groups is 2. The monoisotopic (exact) mass is 518 g/mol. The lowest BCUT2D eigenvalue weighted by molar-refractivity contribution is 0.478. The summed E-state index contributed by atoms with van der Waals surface area (Å²) in [5, 5.41) is 23.4. The fourth-order valence-corrected chi connectivity index (χ4v) is 5.69. The highest BCUT2D eigenvalue weighted by Gasteiger charge is 2.23. The number of hydrogen-bond donors (Lipinski definition) is 2. The van der Waals surface area contributed by atoms with Crippen molar-refractivity contribution in [1.82, 2.24) is 0 Å². The van der Waals surface area contributed by atoms with E-state index in [2.05, 4.69) is 26.0 Å². The molecule has 0 spiro atoms. The molecule has 0 amide bonds. The van der Waals surface area contributed by atoms with Gasteiger partial charge in [0.2, 0.25) is 0 Å². The van der Waals surface area contributed by atoms with Gasteiger partial charge in [-0.25, -0.2) is 0 Å². The second-order valence-electron chi connectivity index (χ2n) is 10.1. The van der Waals surface area contributed by atoms with E-state index in [1.165, 1.54) is 0 Å². The zero-order valence-electron chi connectivity index (χ0n) is 22.6. The van der Waals surface area contributed by atoms with E-state index >= 15 is 0 Å². The Balaban J connectivity index is 1.72. The molecule has 2 nitrogen and oxygen atoms in total. The summed E-state index contributed by atoms with van der Waals surface area (Å²) in [5.74, 6) is 0.531. The molecule has 2 N–H and O–H groups in total. The number of rotatable bonds is 5. The molecule has 0 aromatic heterocycles. The summed E-state index contributed by atoms with van der Waals surface area (Å²) in [6.45, 7) is 4.14. The van der Waals surface area contributed by atoms with Gasteiger partial charge in [-0.15, -0.1) is 0 Å². The average molecular weight is 519 g/mol. The maximum atomic E-state index is 11.7. The Morgan fingerprint density at radius 1 is 0.350 bits per heavy atom. The Bertz CT molecular complexity index is 1650. The van der Waals surface area contributed by atoms with Crippen LogP contribution >= 0.6 is 0 Å². The van der Waals surface area contributed by atoms with Gasteiger partial charge >= 0.3 is 0 Å². The highest BCUT2D eigenvalue weighted by atomic mass is 16.3. The van der Waals surface area contributed by atoms with Crippen LogP contribution in [-0.2, 0) is 0 Å². The first-order valence-corrected chi connectivity index (χ1v) is 13.5. The van der Waals surface area contributed by atoms with Crippen LogP contribution in [0.1, 0.15) is 11.1 Å². The maximum absolute atomic E-state index is 11.7. The Kier molecular flexibility index (Phi) is 6.67. The van der Waals surface area contributed by atoms with Gasteiger partial charge in [0.1, 0.15) is 11.5 Å². The van der Waals surface area contributed by atoms with Crippen molar-refractivity contribution in [3.63, 3.8) is 0 Å². The van der Waals surface area contributed by atoms with Gasteiger partial charge in [-0.05, 0) is 70.5 Å². The minimum Gasteiger partial charge on any atom is -0.507 e. The molecular formula is C38H30O2. The molecule has 194 valence electrons. The Labute approximate surface area is 235 Å². The quantitative estimate of drug-likeness (QED) is 0.238. The molecule has 2 heteroatoms. The van der Waals surface area contributed by atoms with E-state index in [-0.39, 0.29) is 11.5 Å². The second kappa shape index (κ2) is 10.6. The molecule has 0 heterocycles. The van der Waals surface area contributed by atoms with Gasteiger partial charge in [-0.2, -0.15) is 0 Å². The molecule has 0 unspecified atom stereocenters. The third kappa shape index (κ3) is 4.44. The van der Waals surface area contributed by atoms with E-state index in [1.54, 1.807) is 0 Å². The molecule has 6 aromatic rings. The Hall–Kier alpha value is -5.08. The summed E-state index contributed by atoms with van der Waals surface area (Å²) in [7, 11) is 0. The third-order valence-corrected chi connectivity index (χ3v) is 7.70. The third-order valence-electron chi connectivity index (χ3n) is 7.70. The fourth-order valence-electron chi connectivity index (χ4n) is 5.69. The van der Waals surface area contributed by atoms with Gasteiger partial charge in [0.05, 0.1) is 0 Å². The minimum absolute atomic E-state index is 0.265. The number of hydrogen-bond acceptors (Lipinski definition) is 2. The first-order valence-electron chi connectivity index (χ1n) is 13.5. The van der Waals surface area contributed by atoms with Gasteiger partial charge in [0.15, 0.2) is 0 Å². The van der Waals surface area contributed by atoms with Gasteiger partial charge < -0.3 is 10.2 Å². The maximum Gasteiger partial charge on any atom is 0.131 e. The van der Waals surface area contributed by atoms with E-state index in [9.17, 15) is 10.2 Å². The van der Waals surface area contributed by atoms with Gasteiger partial charge in [-0.3, -0.25) is 0 Å². The highest BCUT2D eigenvalue weighted by molar-refractivity contribution is 5.96. The first-order chi connectivity index (χ1) is 19.5. The molecule has 6 aromatic carbocycles. The standard InChI is InChI=1S/C38H30O2/c1-25-31(23-33(27-15-7-3-8-16-27)37(39)35(25)29-19-11-5-12-20-29)32-24-34(28-17-9-4-10-18-28)38(40)36(26(32)2)30-21-13-6-14-22-30/h3-24,39-40H,1-2H3. The first kappa shape index (κ1) is 25.2. The van der Waals surface area contributed by atoms with Gasteiger partial charge in [-0.1, -0.05) is 121 Å². The second-order valence-corrected chi connectivity index (χ2v) is 10.1. The van der Waals surface area contributed by atoms with Crippen molar-refractivity contribution in [2.45, 2.75) is 13.8 Å². The molecule has 0 aliphatic carbocycles. The van der Waals surface area contributed by atoms with Crippen molar-refractivity contribution in [3.05, 3.63) is 145 Å². The SMILES string of the molecule is Cc1c(-c2cc(-c3ccccc3)c(O)c(-c3ccccc3)c2C)cc(-c2ccccc2)c(O)c1-c1ccccc1. The van der Waals surface area contributed by atoms with Crippen LogP contribution in [0.5, 0.6) is 11.5 Å². The molecular weight excluding hydrogens is 488 g/mol. The summed E-state index contributed by atoms with van der Waals surface area (Å²) in [6.07, 6.45) is 0. The fraction of sp³-hybridized carbons (Fsp3) is 0.0526. The van der Waals surface area contributed by atoms with Crippen molar-refractivity contribution in [2.75, 3.05) is 0 Å². The van der Waals surface area contributed by atoms with E-state index in [4.69, 9.17) is 0 Å². The molecule has 0 radical (unpaired) electrons. The van der Waals surface area contributed by atoms with Crippen LogP contribution in [0.4, 0.5) is 0 Å². The minimum atomic E-state index is 0.265. The molecule has 0 aliphatic rings. The summed E-state index contributed by atoms with van der Waals surface area (Å²) >= 11 is 0. The summed E-state index contributed by atoms with van der Waals surface area (Å²) in [5.41, 5.74) is 11.0. The van der Waals surface area contributed by atoms with Crippen molar-refractivity contribution >= 4 is 0 Å². The number of benzene rings is 6. The molecule has 0 saturated carbocycles. The molecule has 0 atom stereocenters. The van der Waals surface area contributed by atoms with Crippen LogP contribution in [0.25, 0.3) is 55.6 Å². The zero-order chi connectivity index (χ0) is 27.6. The Morgan fingerprint density at radius 3 is 0.925 bits per heavy atom. The highest BCUT2D eigenvalue weighted by Crippen LogP contribution is 2.49. The zero-order valence-corrected chi connectivity index (χ0v) is 22.6. The Morgan fingerprint density at radius 2 is 0.625 bits per heavy atom. The molecule has 6 rings (SSSR count).